The van der Waals surface area contributed by atoms with Crippen molar-refractivity contribution in [2.45, 2.75) is 25.7 Å². The maximum absolute atomic E-state index is 12.6. The second kappa shape index (κ2) is 5.11. The van der Waals surface area contributed by atoms with Gasteiger partial charge in [-0.15, -0.1) is 0 Å². The number of carbonyl (C=O) groups excluding carboxylic acids is 1. The molecule has 1 unspecified atom stereocenters. The summed E-state index contributed by atoms with van der Waals surface area (Å²) in [5.41, 5.74) is 0.785. The first-order valence-corrected chi connectivity index (χ1v) is 4.97. The van der Waals surface area contributed by atoms with Crippen molar-refractivity contribution in [2.75, 3.05) is 0 Å². The first kappa shape index (κ1) is 11.2. The van der Waals surface area contributed by atoms with Gasteiger partial charge >= 0.3 is 0 Å². The van der Waals surface area contributed by atoms with E-state index in [1.54, 1.807) is 12.1 Å². The molecule has 0 bridgehead atoms. The lowest BCUT2D eigenvalue weighted by atomic mass is 9.96. The summed E-state index contributed by atoms with van der Waals surface area (Å²) in [6.45, 7) is 1.98. The number of rotatable bonds is 4. The van der Waals surface area contributed by atoms with E-state index < -0.39 is 0 Å². The average Bonchev–Trinajstić information content (AvgIpc) is 2.15. The summed E-state index contributed by atoms with van der Waals surface area (Å²) in [7, 11) is 0. The molecule has 0 aromatic heterocycles. The Hall–Kier alpha value is -0.890. The SMILES string of the molecule is CCCC(C(=O)Cl)c1ccc(F)cc1. The average molecular weight is 215 g/mol. The van der Waals surface area contributed by atoms with E-state index in [0.717, 1.165) is 12.0 Å². The van der Waals surface area contributed by atoms with Gasteiger partial charge in [-0.2, -0.15) is 0 Å². The highest BCUT2D eigenvalue weighted by atomic mass is 35.5. The second-order valence-corrected chi connectivity index (χ2v) is 3.57. The topological polar surface area (TPSA) is 17.1 Å². The van der Waals surface area contributed by atoms with Gasteiger partial charge in [-0.3, -0.25) is 4.79 Å². The third-order valence-electron chi connectivity index (χ3n) is 2.12. The quantitative estimate of drug-likeness (QED) is 0.702. The van der Waals surface area contributed by atoms with Crippen LogP contribution in [0.5, 0.6) is 0 Å². The molecule has 76 valence electrons. The fourth-order valence-corrected chi connectivity index (χ4v) is 1.63. The van der Waals surface area contributed by atoms with E-state index in [0.29, 0.717) is 6.42 Å². The van der Waals surface area contributed by atoms with Crippen LogP contribution in [0.25, 0.3) is 0 Å². The summed E-state index contributed by atoms with van der Waals surface area (Å²) in [6.07, 6.45) is 1.58. The van der Waals surface area contributed by atoms with Crippen LogP contribution in [0.1, 0.15) is 31.2 Å². The summed E-state index contributed by atoms with van der Waals surface area (Å²) >= 11 is 5.46. The largest absolute Gasteiger partial charge is 0.281 e. The van der Waals surface area contributed by atoms with E-state index in [9.17, 15) is 9.18 Å². The van der Waals surface area contributed by atoms with E-state index in [2.05, 4.69) is 0 Å². The molecule has 1 aromatic rings. The van der Waals surface area contributed by atoms with Gasteiger partial charge in [0, 0.05) is 0 Å². The highest BCUT2D eigenvalue weighted by Crippen LogP contribution is 2.23. The Morgan fingerprint density at radius 3 is 2.43 bits per heavy atom. The first-order valence-electron chi connectivity index (χ1n) is 4.60. The molecular formula is C11H12ClFO. The number of hydrogen-bond donors (Lipinski definition) is 0. The van der Waals surface area contributed by atoms with Crippen molar-refractivity contribution in [3.63, 3.8) is 0 Å². The molecule has 1 atom stereocenters. The fourth-order valence-electron chi connectivity index (χ4n) is 1.39. The maximum Gasteiger partial charge on any atom is 0.229 e. The van der Waals surface area contributed by atoms with Crippen molar-refractivity contribution in [3.05, 3.63) is 35.6 Å². The molecule has 1 nitrogen and oxygen atoms in total. The van der Waals surface area contributed by atoms with E-state index in [-0.39, 0.29) is 17.0 Å². The van der Waals surface area contributed by atoms with Crippen LogP contribution >= 0.6 is 11.6 Å². The zero-order chi connectivity index (χ0) is 10.6. The highest BCUT2D eigenvalue weighted by molar-refractivity contribution is 6.64. The van der Waals surface area contributed by atoms with E-state index in [4.69, 9.17) is 11.6 Å². The van der Waals surface area contributed by atoms with E-state index >= 15 is 0 Å². The standard InChI is InChI=1S/C11H12ClFO/c1-2-3-10(11(12)14)8-4-6-9(13)7-5-8/h4-7,10H,2-3H2,1H3. The van der Waals surface area contributed by atoms with Crippen LogP contribution in [0.2, 0.25) is 0 Å². The number of halogens is 2. The third-order valence-corrected chi connectivity index (χ3v) is 2.39. The number of carbonyl (C=O) groups is 1. The van der Waals surface area contributed by atoms with Crippen molar-refractivity contribution < 1.29 is 9.18 Å². The molecule has 0 N–H and O–H groups in total. The molecule has 0 amide bonds. The molecule has 0 radical (unpaired) electrons. The molecule has 0 fully saturated rings. The molecule has 1 rings (SSSR count). The molecule has 1 aromatic carbocycles. The summed E-state index contributed by atoms with van der Waals surface area (Å²) in [5, 5.41) is -0.376. The van der Waals surface area contributed by atoms with Gasteiger partial charge in [-0.25, -0.2) is 4.39 Å². The second-order valence-electron chi connectivity index (χ2n) is 3.20. The Balaban J connectivity index is 2.87. The normalized spacial score (nSPS) is 12.5. The smallest absolute Gasteiger partial charge is 0.229 e. The van der Waals surface area contributed by atoms with Crippen molar-refractivity contribution in [1.82, 2.24) is 0 Å². The minimum atomic E-state index is -0.376. The Labute approximate surface area is 87.9 Å². The molecule has 14 heavy (non-hydrogen) atoms. The summed E-state index contributed by atoms with van der Waals surface area (Å²) in [4.78, 5) is 11.1. The zero-order valence-corrected chi connectivity index (χ0v) is 8.72. The molecule has 0 saturated carbocycles. The van der Waals surface area contributed by atoms with E-state index in [1.807, 2.05) is 6.92 Å². The van der Waals surface area contributed by atoms with Gasteiger partial charge in [0.15, 0.2) is 0 Å². The third kappa shape index (κ3) is 2.81. The van der Waals surface area contributed by atoms with Crippen molar-refractivity contribution >= 4 is 16.8 Å². The summed E-state index contributed by atoms with van der Waals surface area (Å²) in [5.74, 6) is -0.603. The molecule has 0 heterocycles. The van der Waals surface area contributed by atoms with Crippen LogP contribution in [0.15, 0.2) is 24.3 Å². The molecule has 0 aliphatic heterocycles. The molecule has 0 aliphatic carbocycles. The van der Waals surface area contributed by atoms with Crippen molar-refractivity contribution in [2.24, 2.45) is 0 Å². The number of benzene rings is 1. The lowest BCUT2D eigenvalue weighted by Gasteiger charge is -2.11. The monoisotopic (exact) mass is 214 g/mol. The first-order chi connectivity index (χ1) is 6.65. The van der Waals surface area contributed by atoms with Gasteiger partial charge in [-0.05, 0) is 35.7 Å². The highest BCUT2D eigenvalue weighted by Gasteiger charge is 2.17. The molecule has 0 saturated heterocycles. The van der Waals surface area contributed by atoms with Gasteiger partial charge in [0.05, 0.1) is 5.92 Å². The van der Waals surface area contributed by atoms with Crippen LogP contribution in [-0.4, -0.2) is 5.24 Å². The Morgan fingerprint density at radius 2 is 2.00 bits per heavy atom. The lowest BCUT2D eigenvalue weighted by Crippen LogP contribution is -2.06. The fraction of sp³-hybridized carbons (Fsp3) is 0.364. The van der Waals surface area contributed by atoms with Crippen LogP contribution in [0, 0.1) is 5.82 Å². The lowest BCUT2D eigenvalue weighted by molar-refractivity contribution is -0.113. The van der Waals surface area contributed by atoms with Gasteiger partial charge in [0.2, 0.25) is 5.24 Å². The Kier molecular flexibility index (Phi) is 4.08. The maximum atomic E-state index is 12.6. The van der Waals surface area contributed by atoms with Crippen LogP contribution < -0.4 is 0 Å². The minimum absolute atomic E-state index is 0.300. The predicted molar refractivity (Wildman–Crippen MR) is 54.9 cm³/mol. The van der Waals surface area contributed by atoms with E-state index in [1.165, 1.54) is 12.1 Å². The van der Waals surface area contributed by atoms with Gasteiger partial charge in [0.1, 0.15) is 5.82 Å². The molecule has 3 heteroatoms. The van der Waals surface area contributed by atoms with Crippen LogP contribution in [-0.2, 0) is 4.79 Å². The van der Waals surface area contributed by atoms with Gasteiger partial charge in [0.25, 0.3) is 0 Å². The van der Waals surface area contributed by atoms with Gasteiger partial charge < -0.3 is 0 Å². The Bertz CT molecular complexity index is 308. The van der Waals surface area contributed by atoms with Crippen molar-refractivity contribution in [1.29, 1.82) is 0 Å². The summed E-state index contributed by atoms with van der Waals surface area (Å²) in [6, 6.07) is 5.90. The minimum Gasteiger partial charge on any atom is -0.281 e. The molecular weight excluding hydrogens is 203 g/mol. The number of hydrogen-bond acceptors (Lipinski definition) is 1. The van der Waals surface area contributed by atoms with Gasteiger partial charge in [-0.1, -0.05) is 25.5 Å². The zero-order valence-electron chi connectivity index (χ0n) is 7.97. The van der Waals surface area contributed by atoms with Crippen LogP contribution in [0.3, 0.4) is 0 Å². The van der Waals surface area contributed by atoms with Crippen molar-refractivity contribution in [3.8, 4) is 0 Å². The predicted octanol–water partition coefficient (Wildman–Crippen LogP) is 3.47. The molecule has 0 aliphatic rings. The molecule has 0 spiro atoms. The van der Waals surface area contributed by atoms with Crippen LogP contribution in [0.4, 0.5) is 4.39 Å². The summed E-state index contributed by atoms with van der Waals surface area (Å²) < 4.78 is 12.6. The Morgan fingerprint density at radius 1 is 1.43 bits per heavy atom.